The molecule has 6 aromatic heterocycles. The third-order valence-corrected chi connectivity index (χ3v) is 6.39. The summed E-state index contributed by atoms with van der Waals surface area (Å²) in [6.07, 6.45) is 10.4. The Bertz CT molecular complexity index is 1660. The predicted molar refractivity (Wildman–Crippen MR) is 157 cm³/mol. The third-order valence-electron chi connectivity index (χ3n) is 5.65. The molecule has 3 N–H and O–H groups in total. The molecule has 6 heterocycles. The zero-order valence-corrected chi connectivity index (χ0v) is 23.8. The van der Waals surface area contributed by atoms with Crippen molar-refractivity contribution < 1.29 is 0 Å². The van der Waals surface area contributed by atoms with Crippen molar-refractivity contribution in [3.8, 4) is 34.2 Å². The van der Waals surface area contributed by atoms with E-state index in [4.69, 9.17) is 24.4 Å². The average molecular weight is 574 g/mol. The van der Waals surface area contributed by atoms with E-state index in [-0.39, 0.29) is 0 Å². The van der Waals surface area contributed by atoms with Crippen LogP contribution < -0.4 is 5.32 Å². The summed E-state index contributed by atoms with van der Waals surface area (Å²) in [7, 11) is 7.48. The fraction of sp³-hybridized carbons (Fsp3) is 0.160. The molecule has 0 fully saturated rings. The lowest BCUT2D eigenvalue weighted by Gasteiger charge is -2.01. The van der Waals surface area contributed by atoms with E-state index in [1.165, 1.54) is 0 Å². The fourth-order valence-electron chi connectivity index (χ4n) is 3.51. The molecule has 0 bridgehead atoms. The van der Waals surface area contributed by atoms with Gasteiger partial charge < -0.3 is 14.5 Å². The maximum Gasteiger partial charge on any atom is 0.224 e. The maximum absolute atomic E-state index is 5.00. The lowest BCUT2D eigenvalue weighted by Crippen LogP contribution is -1.99. The van der Waals surface area contributed by atoms with E-state index in [1.54, 1.807) is 37.2 Å². The van der Waals surface area contributed by atoms with Gasteiger partial charge in [-0.3, -0.25) is 29.7 Å². The van der Waals surface area contributed by atoms with Gasteiger partial charge in [-0.25, -0.2) is 0 Å². The molecule has 40 heavy (non-hydrogen) atoms. The van der Waals surface area contributed by atoms with Gasteiger partial charge in [0.25, 0.3) is 0 Å². The van der Waals surface area contributed by atoms with Gasteiger partial charge in [-0.15, -0.1) is 10.2 Å². The molecule has 0 aliphatic heterocycles. The van der Waals surface area contributed by atoms with Crippen molar-refractivity contribution in [2.45, 2.75) is 0 Å². The monoisotopic (exact) mass is 573 g/mol. The second-order valence-corrected chi connectivity index (χ2v) is 8.97. The highest BCUT2D eigenvalue weighted by Gasteiger charge is 2.08. The van der Waals surface area contributed by atoms with Crippen LogP contribution in [-0.4, -0.2) is 66.3 Å². The first-order chi connectivity index (χ1) is 19.4. The van der Waals surface area contributed by atoms with E-state index in [2.05, 4.69) is 50.9 Å². The Morgan fingerprint density at radius 3 is 1.57 bits per heavy atom. The number of anilines is 1. The highest BCUT2D eigenvalue weighted by molar-refractivity contribution is 7.71. The number of hydrogen-bond donors (Lipinski definition) is 3. The third kappa shape index (κ3) is 6.57. The zero-order chi connectivity index (χ0) is 28.5. The van der Waals surface area contributed by atoms with Crippen LogP contribution in [0.1, 0.15) is 0 Å². The first-order valence-corrected chi connectivity index (χ1v) is 12.7. The Labute approximate surface area is 240 Å². The quantitative estimate of drug-likeness (QED) is 0.264. The van der Waals surface area contributed by atoms with Gasteiger partial charge in [0.2, 0.25) is 5.95 Å². The van der Waals surface area contributed by atoms with Crippen LogP contribution in [0.2, 0.25) is 0 Å². The molecule has 0 amide bonds. The van der Waals surface area contributed by atoms with Crippen molar-refractivity contribution in [2.24, 2.45) is 21.1 Å². The van der Waals surface area contributed by atoms with Crippen LogP contribution in [0.5, 0.6) is 0 Å². The summed E-state index contributed by atoms with van der Waals surface area (Å²) in [6, 6.07) is 11.4. The van der Waals surface area contributed by atoms with Crippen LogP contribution in [0.15, 0.2) is 73.6 Å². The van der Waals surface area contributed by atoms with Crippen LogP contribution in [0, 0.1) is 9.54 Å². The van der Waals surface area contributed by atoms with Crippen LogP contribution in [0.4, 0.5) is 5.95 Å². The summed E-state index contributed by atoms with van der Waals surface area (Å²) in [6.45, 7) is 0. The number of aromatic amines is 2. The molecule has 0 saturated carbocycles. The van der Waals surface area contributed by atoms with Gasteiger partial charge in [0, 0.05) is 82.1 Å². The summed E-state index contributed by atoms with van der Waals surface area (Å²) in [5.41, 5.74) is 2.97. The molecule has 204 valence electrons. The molecular weight excluding hydrogens is 547 g/mol. The fourth-order valence-corrected chi connectivity index (χ4v) is 3.77. The lowest BCUT2D eigenvalue weighted by atomic mass is 10.2. The average Bonchev–Trinajstić information content (AvgIpc) is 3.66. The second-order valence-electron chi connectivity index (χ2n) is 8.19. The molecule has 0 spiro atoms. The number of hydrogen-bond acceptors (Lipinski definition) is 10. The maximum atomic E-state index is 5.00. The van der Waals surface area contributed by atoms with Gasteiger partial charge in [0.1, 0.15) is 0 Å². The Kier molecular flexibility index (Phi) is 9.32. The van der Waals surface area contributed by atoms with E-state index in [1.807, 2.05) is 78.3 Å². The molecule has 15 heteroatoms. The van der Waals surface area contributed by atoms with Crippen molar-refractivity contribution >= 4 is 30.4 Å². The molecule has 0 aliphatic carbocycles. The van der Waals surface area contributed by atoms with E-state index in [0.29, 0.717) is 9.54 Å². The van der Waals surface area contributed by atoms with E-state index in [0.717, 1.165) is 40.1 Å². The van der Waals surface area contributed by atoms with Crippen molar-refractivity contribution in [1.29, 1.82) is 0 Å². The summed E-state index contributed by atoms with van der Waals surface area (Å²) in [5.74, 6) is 3.21. The van der Waals surface area contributed by atoms with E-state index in [9.17, 15) is 0 Å². The Morgan fingerprint density at radius 1 is 0.625 bits per heavy atom. The smallest absolute Gasteiger partial charge is 0.224 e. The number of pyridine rings is 3. The molecule has 0 radical (unpaired) electrons. The molecule has 6 rings (SSSR count). The van der Waals surface area contributed by atoms with E-state index >= 15 is 0 Å². The molecule has 0 unspecified atom stereocenters. The molecule has 13 nitrogen and oxygen atoms in total. The number of H-pyrrole nitrogens is 2. The van der Waals surface area contributed by atoms with Crippen molar-refractivity contribution in [2.75, 3.05) is 12.4 Å². The minimum Gasteiger partial charge on any atom is -0.357 e. The first kappa shape index (κ1) is 28.1. The Balaban J connectivity index is 0.000000139. The SMILES string of the molecule is CNc1nnc(-c2ccncc2)n1C.Cn1c(-c2cccnc2)n[nH]c1=S.Cn1c(-c2ccncc2)n[nH]c1=S. The number of rotatable bonds is 4. The largest absolute Gasteiger partial charge is 0.357 e. The second kappa shape index (κ2) is 13.3. The van der Waals surface area contributed by atoms with Gasteiger partial charge in [0.15, 0.2) is 27.0 Å². The van der Waals surface area contributed by atoms with Gasteiger partial charge in [-0.2, -0.15) is 10.2 Å². The highest BCUT2D eigenvalue weighted by atomic mass is 32.1. The number of aromatic nitrogens is 12. The molecule has 0 saturated heterocycles. The summed E-state index contributed by atoms with van der Waals surface area (Å²) >= 11 is 10.0. The van der Waals surface area contributed by atoms with Gasteiger partial charge in [0.05, 0.1) is 0 Å². The van der Waals surface area contributed by atoms with Crippen molar-refractivity contribution in [3.63, 3.8) is 0 Å². The highest BCUT2D eigenvalue weighted by Crippen LogP contribution is 2.17. The van der Waals surface area contributed by atoms with Crippen LogP contribution in [0.3, 0.4) is 0 Å². The molecule has 6 aromatic rings. The van der Waals surface area contributed by atoms with Crippen molar-refractivity contribution in [3.05, 3.63) is 83.1 Å². The summed E-state index contributed by atoms with van der Waals surface area (Å²) in [4.78, 5) is 11.9. The molecule has 0 aliphatic rings. The summed E-state index contributed by atoms with van der Waals surface area (Å²) < 4.78 is 6.76. The zero-order valence-electron chi connectivity index (χ0n) is 22.2. The van der Waals surface area contributed by atoms with Gasteiger partial charge >= 0.3 is 0 Å². The minimum absolute atomic E-state index is 0.610. The Hall–Kier alpha value is -4.89. The normalized spacial score (nSPS) is 10.2. The van der Waals surface area contributed by atoms with E-state index < -0.39 is 0 Å². The van der Waals surface area contributed by atoms with Crippen molar-refractivity contribution in [1.82, 2.24) is 59.2 Å². The standard InChI is InChI=1S/C9H11N5.2C8H8N4S/c1-10-9-13-12-8(14(9)2)7-3-5-11-6-4-7;1-12-7(10-11-8(12)13)6-2-4-9-5-3-6;1-12-7(10-11-8(12)13)6-3-2-4-9-5-6/h3-6H,1-2H3,(H,10,13);2*2-5H,1H3,(H,11,13). The molecular formula is C25H27N13S2. The molecule has 0 aromatic carbocycles. The van der Waals surface area contributed by atoms with Crippen LogP contribution in [-0.2, 0) is 21.1 Å². The van der Waals surface area contributed by atoms with Crippen LogP contribution in [0.25, 0.3) is 34.2 Å². The summed E-state index contributed by atoms with van der Waals surface area (Å²) in [5, 5.41) is 24.7. The molecule has 0 atom stereocenters. The van der Waals surface area contributed by atoms with Gasteiger partial charge in [-0.1, -0.05) is 0 Å². The van der Waals surface area contributed by atoms with Crippen LogP contribution >= 0.6 is 24.4 Å². The van der Waals surface area contributed by atoms with Gasteiger partial charge in [-0.05, 0) is 60.8 Å². The lowest BCUT2D eigenvalue weighted by molar-refractivity contribution is 0.901. The first-order valence-electron chi connectivity index (χ1n) is 11.9. The Morgan fingerprint density at radius 2 is 1.15 bits per heavy atom. The number of nitrogens with one attached hydrogen (secondary N) is 3. The topological polar surface area (TPSA) is 149 Å². The minimum atomic E-state index is 0.610. The number of nitrogens with zero attached hydrogens (tertiary/aromatic N) is 10. The predicted octanol–water partition coefficient (Wildman–Crippen LogP) is 4.00.